The summed E-state index contributed by atoms with van der Waals surface area (Å²) in [6.45, 7) is 0.495. The molecule has 0 bridgehead atoms. The zero-order chi connectivity index (χ0) is 9.84. The van der Waals surface area contributed by atoms with E-state index in [0.29, 0.717) is 17.7 Å². The maximum absolute atomic E-state index is 8.97. The number of aromatic nitrogens is 1. The van der Waals surface area contributed by atoms with Crippen LogP contribution in [0.5, 0.6) is 0 Å². The molecule has 1 heterocycles. The predicted molar refractivity (Wildman–Crippen MR) is 49.8 cm³/mol. The van der Waals surface area contributed by atoms with Crippen LogP contribution in [0.1, 0.15) is 11.3 Å². The number of nitrogens with zero attached hydrogens (tertiary/aromatic N) is 1. The quantitative estimate of drug-likeness (QED) is 0.391. The van der Waals surface area contributed by atoms with Gasteiger partial charge in [0.1, 0.15) is 0 Å². The molecule has 0 saturated heterocycles. The fraction of sp³-hybridized carbons (Fsp3) is 0.286. The zero-order valence-corrected chi connectivity index (χ0v) is 7.14. The number of hydrogen-bond acceptors (Lipinski definition) is 5. The summed E-state index contributed by atoms with van der Waals surface area (Å²) in [5.74, 6) is 0. The van der Waals surface area contributed by atoms with Gasteiger partial charge in [0.15, 0.2) is 0 Å². The Kier molecular flexibility index (Phi) is 3.38. The average Bonchev–Trinajstić information content (AvgIpc) is 2.16. The van der Waals surface area contributed by atoms with Crippen LogP contribution in [0.15, 0.2) is 12.3 Å². The van der Waals surface area contributed by atoms with Crippen LogP contribution in [0.25, 0.3) is 0 Å². The van der Waals surface area contributed by atoms with E-state index in [-0.39, 0.29) is 6.54 Å². The third-order valence-corrected chi connectivity index (χ3v) is 1.77. The molecule has 1 aromatic heterocycles. The molecular formula is C7H12BN3O2. The third kappa shape index (κ3) is 2.25. The molecule has 0 aliphatic carbocycles. The maximum atomic E-state index is 8.97. The van der Waals surface area contributed by atoms with Crippen molar-refractivity contribution in [1.29, 1.82) is 0 Å². The van der Waals surface area contributed by atoms with Gasteiger partial charge in [-0.2, -0.15) is 0 Å². The molecule has 0 aromatic carbocycles. The van der Waals surface area contributed by atoms with Gasteiger partial charge >= 0.3 is 7.12 Å². The minimum atomic E-state index is -1.54. The van der Waals surface area contributed by atoms with Crippen molar-refractivity contribution in [2.45, 2.75) is 13.1 Å². The summed E-state index contributed by atoms with van der Waals surface area (Å²) in [5, 5.41) is 17.9. The maximum Gasteiger partial charge on any atom is 0.490 e. The topological polar surface area (TPSA) is 105 Å². The van der Waals surface area contributed by atoms with Crippen molar-refractivity contribution >= 4 is 12.6 Å². The fourth-order valence-electron chi connectivity index (χ4n) is 1.06. The van der Waals surface area contributed by atoms with Gasteiger partial charge in [-0.25, -0.2) is 0 Å². The van der Waals surface area contributed by atoms with Crippen LogP contribution in [0.3, 0.4) is 0 Å². The van der Waals surface area contributed by atoms with Crippen LogP contribution in [-0.2, 0) is 13.1 Å². The highest BCUT2D eigenvalue weighted by molar-refractivity contribution is 6.59. The second kappa shape index (κ2) is 4.34. The first-order chi connectivity index (χ1) is 6.19. The summed E-state index contributed by atoms with van der Waals surface area (Å²) < 4.78 is 0. The minimum absolute atomic E-state index is 0.178. The van der Waals surface area contributed by atoms with Gasteiger partial charge in [0.2, 0.25) is 0 Å². The summed E-state index contributed by atoms with van der Waals surface area (Å²) >= 11 is 0. The number of nitrogens with two attached hydrogens (primary N) is 2. The molecule has 0 radical (unpaired) electrons. The normalized spacial score (nSPS) is 10.2. The number of hydrogen-bond donors (Lipinski definition) is 4. The highest BCUT2D eigenvalue weighted by Crippen LogP contribution is 1.97. The highest BCUT2D eigenvalue weighted by atomic mass is 16.4. The second-order valence-corrected chi connectivity index (χ2v) is 2.66. The molecule has 0 amide bonds. The Hall–Kier alpha value is -0.945. The summed E-state index contributed by atoms with van der Waals surface area (Å²) in [7, 11) is -1.54. The smallest absolute Gasteiger partial charge is 0.423 e. The lowest BCUT2D eigenvalue weighted by Gasteiger charge is -2.07. The summed E-state index contributed by atoms with van der Waals surface area (Å²) in [4.78, 5) is 3.96. The molecule has 70 valence electrons. The van der Waals surface area contributed by atoms with E-state index in [9.17, 15) is 0 Å². The second-order valence-electron chi connectivity index (χ2n) is 2.66. The Balaban J connectivity index is 3.10. The molecule has 0 aliphatic heterocycles. The molecule has 13 heavy (non-hydrogen) atoms. The SMILES string of the molecule is NCc1cnc(CN)c(B(O)O)c1. The lowest BCUT2D eigenvalue weighted by Crippen LogP contribution is -2.35. The van der Waals surface area contributed by atoms with Crippen molar-refractivity contribution < 1.29 is 10.0 Å². The lowest BCUT2D eigenvalue weighted by molar-refractivity contribution is 0.425. The Bertz CT molecular complexity index is 293. The van der Waals surface area contributed by atoms with Crippen LogP contribution in [0.2, 0.25) is 0 Å². The molecule has 0 aliphatic rings. The summed E-state index contributed by atoms with van der Waals surface area (Å²) in [6, 6.07) is 1.60. The van der Waals surface area contributed by atoms with Gasteiger partial charge in [-0.05, 0) is 5.56 Å². The lowest BCUT2D eigenvalue weighted by atomic mass is 9.78. The molecular weight excluding hydrogens is 169 g/mol. The largest absolute Gasteiger partial charge is 0.490 e. The highest BCUT2D eigenvalue weighted by Gasteiger charge is 2.16. The van der Waals surface area contributed by atoms with Crippen LogP contribution < -0.4 is 16.9 Å². The van der Waals surface area contributed by atoms with Gasteiger partial charge in [-0.1, -0.05) is 6.07 Å². The van der Waals surface area contributed by atoms with Crippen molar-refractivity contribution in [3.8, 4) is 0 Å². The van der Waals surface area contributed by atoms with E-state index in [2.05, 4.69) is 4.98 Å². The first-order valence-corrected chi connectivity index (χ1v) is 3.93. The van der Waals surface area contributed by atoms with E-state index in [4.69, 9.17) is 21.5 Å². The third-order valence-electron chi connectivity index (χ3n) is 1.77. The first kappa shape index (κ1) is 10.1. The van der Waals surface area contributed by atoms with Crippen LogP contribution in [0.4, 0.5) is 0 Å². The Labute approximate surface area is 76.5 Å². The fourth-order valence-corrected chi connectivity index (χ4v) is 1.06. The predicted octanol–water partition coefficient (Wildman–Crippen LogP) is -2.32. The van der Waals surface area contributed by atoms with Crippen LogP contribution in [-0.4, -0.2) is 22.2 Å². The molecule has 1 aromatic rings. The van der Waals surface area contributed by atoms with Gasteiger partial charge < -0.3 is 21.5 Å². The summed E-state index contributed by atoms with van der Waals surface area (Å²) in [6.07, 6.45) is 1.58. The van der Waals surface area contributed by atoms with E-state index in [1.54, 1.807) is 12.3 Å². The first-order valence-electron chi connectivity index (χ1n) is 3.93. The molecule has 0 unspecified atom stereocenters. The van der Waals surface area contributed by atoms with E-state index in [1.807, 2.05) is 0 Å². The van der Waals surface area contributed by atoms with Crippen molar-refractivity contribution in [3.05, 3.63) is 23.5 Å². The van der Waals surface area contributed by atoms with Crippen molar-refractivity contribution in [3.63, 3.8) is 0 Å². The molecule has 6 heteroatoms. The molecule has 0 saturated carbocycles. The molecule has 0 fully saturated rings. The Morgan fingerprint density at radius 1 is 1.31 bits per heavy atom. The Morgan fingerprint density at radius 2 is 2.00 bits per heavy atom. The van der Waals surface area contributed by atoms with E-state index < -0.39 is 7.12 Å². The van der Waals surface area contributed by atoms with Gasteiger partial charge in [0.05, 0.1) is 5.69 Å². The average molecular weight is 181 g/mol. The van der Waals surface area contributed by atoms with Crippen molar-refractivity contribution in [1.82, 2.24) is 4.98 Å². The summed E-state index contributed by atoms with van der Waals surface area (Å²) in [5.41, 5.74) is 12.3. The van der Waals surface area contributed by atoms with Gasteiger partial charge in [-0.3, -0.25) is 4.98 Å². The molecule has 6 N–H and O–H groups in total. The van der Waals surface area contributed by atoms with E-state index in [1.165, 1.54) is 0 Å². The minimum Gasteiger partial charge on any atom is -0.423 e. The number of rotatable bonds is 3. The van der Waals surface area contributed by atoms with Crippen LogP contribution >= 0.6 is 0 Å². The zero-order valence-electron chi connectivity index (χ0n) is 7.14. The molecule has 1 rings (SSSR count). The van der Waals surface area contributed by atoms with Crippen LogP contribution in [0, 0.1) is 0 Å². The monoisotopic (exact) mass is 181 g/mol. The molecule has 0 spiro atoms. The Morgan fingerprint density at radius 3 is 2.46 bits per heavy atom. The van der Waals surface area contributed by atoms with Gasteiger partial charge in [0.25, 0.3) is 0 Å². The standard InChI is InChI=1S/C7H12BN3O2/c9-2-5-1-6(8(12)13)7(3-10)11-4-5/h1,4,12-13H,2-3,9-10H2. The van der Waals surface area contributed by atoms with Gasteiger partial charge in [-0.15, -0.1) is 0 Å². The van der Waals surface area contributed by atoms with E-state index >= 15 is 0 Å². The molecule has 5 nitrogen and oxygen atoms in total. The van der Waals surface area contributed by atoms with E-state index in [0.717, 1.165) is 5.56 Å². The van der Waals surface area contributed by atoms with Crippen molar-refractivity contribution in [2.75, 3.05) is 0 Å². The van der Waals surface area contributed by atoms with Crippen molar-refractivity contribution in [2.24, 2.45) is 11.5 Å². The molecule has 0 atom stereocenters. The number of pyridine rings is 1. The van der Waals surface area contributed by atoms with Gasteiger partial charge in [0, 0.05) is 24.7 Å².